The highest BCUT2D eigenvalue weighted by Crippen LogP contribution is 2.29. The summed E-state index contributed by atoms with van der Waals surface area (Å²) in [6, 6.07) is 18.4. The quantitative estimate of drug-likeness (QED) is 0.714. The van der Waals surface area contributed by atoms with Gasteiger partial charge in [0.05, 0.1) is 24.1 Å². The van der Waals surface area contributed by atoms with Crippen molar-refractivity contribution in [3.63, 3.8) is 0 Å². The highest BCUT2D eigenvalue weighted by atomic mass is 32.2. The molecule has 1 aliphatic heterocycles. The molecule has 1 aliphatic carbocycles. The lowest BCUT2D eigenvalue weighted by atomic mass is 9.97. The van der Waals surface area contributed by atoms with E-state index in [0.29, 0.717) is 6.42 Å². The van der Waals surface area contributed by atoms with E-state index >= 15 is 0 Å². The monoisotopic (exact) mass is 440 g/mol. The van der Waals surface area contributed by atoms with Gasteiger partial charge in [0.2, 0.25) is 5.91 Å². The van der Waals surface area contributed by atoms with Crippen LogP contribution in [0.2, 0.25) is 0 Å². The lowest BCUT2D eigenvalue weighted by molar-refractivity contribution is -0.134. The number of hydrogen-bond acceptors (Lipinski definition) is 4. The molecule has 0 spiro atoms. The number of hydrogen-bond donors (Lipinski definition) is 1. The summed E-state index contributed by atoms with van der Waals surface area (Å²) < 4.78 is 24.2. The van der Waals surface area contributed by atoms with Crippen LogP contribution in [0.5, 0.6) is 0 Å². The second kappa shape index (κ2) is 9.53. The zero-order chi connectivity index (χ0) is 21.8. The third kappa shape index (κ3) is 5.36. The molecule has 6 heteroatoms. The molecule has 1 amide bonds. The zero-order valence-corrected chi connectivity index (χ0v) is 19.0. The molecule has 0 radical (unpaired) electrons. The Bertz CT molecular complexity index is 983. The average Bonchev–Trinajstić information content (AvgIpc) is 3.40. The van der Waals surface area contributed by atoms with Crippen molar-refractivity contribution in [2.75, 3.05) is 18.1 Å². The fraction of sp³-hybridized carbons (Fsp3) is 0.480. The van der Waals surface area contributed by atoms with Gasteiger partial charge in [-0.2, -0.15) is 0 Å². The van der Waals surface area contributed by atoms with Crippen LogP contribution in [0.3, 0.4) is 0 Å². The Kier molecular flexibility index (Phi) is 6.77. The van der Waals surface area contributed by atoms with Gasteiger partial charge >= 0.3 is 0 Å². The van der Waals surface area contributed by atoms with E-state index in [0.717, 1.165) is 36.8 Å². The molecule has 1 N–H and O–H groups in total. The van der Waals surface area contributed by atoms with Crippen molar-refractivity contribution >= 4 is 15.7 Å². The Labute approximate surface area is 185 Å². The first kappa shape index (κ1) is 22.0. The van der Waals surface area contributed by atoms with Crippen LogP contribution in [0.25, 0.3) is 0 Å². The molecule has 0 bridgehead atoms. The van der Waals surface area contributed by atoms with Crippen molar-refractivity contribution in [2.24, 2.45) is 0 Å². The standard InChI is InChI=1S/C25H32N2O3S/c1-19-11-13-21(14-12-19)25(20-7-3-2-4-8-20)26-17-24(28)27(22-9-5-6-10-22)23-15-16-31(29,30)18-23/h2-4,7-8,11-14,22-23,25-26H,5-6,9-10,15-18H2,1H3. The Hall–Kier alpha value is -2.18. The fourth-order valence-electron chi connectivity index (χ4n) is 5.00. The number of sulfone groups is 1. The molecule has 2 aliphatic rings. The van der Waals surface area contributed by atoms with Crippen molar-refractivity contribution < 1.29 is 13.2 Å². The molecule has 1 heterocycles. The molecule has 2 unspecified atom stereocenters. The number of nitrogens with zero attached hydrogens (tertiary/aromatic N) is 1. The fourth-order valence-corrected chi connectivity index (χ4v) is 6.71. The number of carbonyl (C=O) groups excluding carboxylic acids is 1. The van der Waals surface area contributed by atoms with E-state index in [-0.39, 0.29) is 42.1 Å². The largest absolute Gasteiger partial charge is 0.335 e. The van der Waals surface area contributed by atoms with E-state index in [2.05, 4.69) is 48.6 Å². The number of amides is 1. The van der Waals surface area contributed by atoms with Gasteiger partial charge in [0.15, 0.2) is 9.84 Å². The van der Waals surface area contributed by atoms with Gasteiger partial charge < -0.3 is 4.90 Å². The van der Waals surface area contributed by atoms with Gasteiger partial charge in [-0.25, -0.2) is 8.42 Å². The van der Waals surface area contributed by atoms with Crippen molar-refractivity contribution in [3.8, 4) is 0 Å². The summed E-state index contributed by atoms with van der Waals surface area (Å²) in [6.07, 6.45) is 4.73. The Morgan fingerprint density at radius 1 is 0.968 bits per heavy atom. The first-order valence-corrected chi connectivity index (χ1v) is 13.1. The van der Waals surface area contributed by atoms with Crippen LogP contribution in [0.4, 0.5) is 0 Å². The van der Waals surface area contributed by atoms with Gasteiger partial charge in [-0.05, 0) is 37.3 Å². The van der Waals surface area contributed by atoms with Crippen LogP contribution < -0.4 is 5.32 Å². The molecule has 2 atom stereocenters. The highest BCUT2D eigenvalue weighted by molar-refractivity contribution is 7.91. The molecule has 1 saturated heterocycles. The summed E-state index contributed by atoms with van der Waals surface area (Å²) in [5.74, 6) is 0.314. The molecule has 2 aromatic rings. The van der Waals surface area contributed by atoms with Gasteiger partial charge in [-0.15, -0.1) is 0 Å². The van der Waals surface area contributed by atoms with E-state index in [1.54, 1.807) is 0 Å². The number of rotatable bonds is 7. The first-order valence-electron chi connectivity index (χ1n) is 11.3. The molecule has 2 aromatic carbocycles. The number of nitrogens with one attached hydrogen (secondary N) is 1. The minimum absolute atomic E-state index is 0.0158. The topological polar surface area (TPSA) is 66.5 Å². The molecule has 0 aromatic heterocycles. The second-order valence-corrected chi connectivity index (χ2v) is 11.2. The Balaban J connectivity index is 1.53. The predicted molar refractivity (Wildman–Crippen MR) is 124 cm³/mol. The van der Waals surface area contributed by atoms with Gasteiger partial charge in [0.25, 0.3) is 0 Å². The van der Waals surface area contributed by atoms with Crippen molar-refractivity contribution in [1.82, 2.24) is 10.2 Å². The van der Waals surface area contributed by atoms with Crippen LogP contribution in [-0.2, 0) is 14.6 Å². The van der Waals surface area contributed by atoms with E-state index in [1.807, 2.05) is 23.1 Å². The maximum absolute atomic E-state index is 13.4. The molecule has 31 heavy (non-hydrogen) atoms. The number of carbonyl (C=O) groups is 1. The minimum Gasteiger partial charge on any atom is -0.335 e. The summed E-state index contributed by atoms with van der Waals surface area (Å²) in [5.41, 5.74) is 3.41. The van der Waals surface area contributed by atoms with Gasteiger partial charge in [0.1, 0.15) is 0 Å². The molecule has 5 nitrogen and oxygen atoms in total. The first-order chi connectivity index (χ1) is 14.9. The maximum atomic E-state index is 13.4. The third-order valence-electron chi connectivity index (χ3n) is 6.61. The smallest absolute Gasteiger partial charge is 0.237 e. The van der Waals surface area contributed by atoms with Crippen molar-refractivity contribution in [2.45, 2.75) is 57.2 Å². The van der Waals surface area contributed by atoms with Crippen molar-refractivity contribution in [3.05, 3.63) is 71.3 Å². The minimum atomic E-state index is -3.04. The van der Waals surface area contributed by atoms with Crippen LogP contribution in [0.1, 0.15) is 54.8 Å². The summed E-state index contributed by atoms with van der Waals surface area (Å²) in [6.45, 7) is 2.26. The molecule has 4 rings (SSSR count). The molecular weight excluding hydrogens is 408 g/mol. The summed E-state index contributed by atoms with van der Waals surface area (Å²) in [7, 11) is -3.04. The van der Waals surface area contributed by atoms with Gasteiger partial charge in [-0.3, -0.25) is 10.1 Å². The average molecular weight is 441 g/mol. The van der Waals surface area contributed by atoms with E-state index in [4.69, 9.17) is 0 Å². The molecule has 2 fully saturated rings. The van der Waals surface area contributed by atoms with Gasteiger partial charge in [0, 0.05) is 12.1 Å². The summed E-state index contributed by atoms with van der Waals surface area (Å²) in [5, 5.41) is 3.48. The van der Waals surface area contributed by atoms with E-state index in [9.17, 15) is 13.2 Å². The second-order valence-electron chi connectivity index (χ2n) is 8.93. The lowest BCUT2D eigenvalue weighted by Crippen LogP contribution is -2.50. The van der Waals surface area contributed by atoms with Gasteiger partial charge in [-0.1, -0.05) is 73.0 Å². The normalized spacial score (nSPS) is 21.8. The number of benzene rings is 2. The van der Waals surface area contributed by atoms with Crippen LogP contribution in [0, 0.1) is 6.92 Å². The predicted octanol–water partition coefficient (Wildman–Crippen LogP) is 3.63. The molecule has 1 saturated carbocycles. The molecule has 166 valence electrons. The van der Waals surface area contributed by atoms with E-state index < -0.39 is 9.84 Å². The SMILES string of the molecule is Cc1ccc(C(NCC(=O)N(C2CCCC2)C2CCS(=O)(=O)C2)c2ccccc2)cc1. The van der Waals surface area contributed by atoms with Crippen LogP contribution in [-0.4, -0.2) is 49.4 Å². The van der Waals surface area contributed by atoms with E-state index in [1.165, 1.54) is 5.56 Å². The maximum Gasteiger partial charge on any atom is 0.237 e. The summed E-state index contributed by atoms with van der Waals surface area (Å²) >= 11 is 0. The third-order valence-corrected chi connectivity index (χ3v) is 8.36. The highest BCUT2D eigenvalue weighted by Gasteiger charge is 2.39. The zero-order valence-electron chi connectivity index (χ0n) is 18.2. The number of aryl methyl sites for hydroxylation is 1. The molecular formula is C25H32N2O3S. The van der Waals surface area contributed by atoms with Crippen LogP contribution >= 0.6 is 0 Å². The van der Waals surface area contributed by atoms with Crippen LogP contribution in [0.15, 0.2) is 54.6 Å². The Morgan fingerprint density at radius 3 is 2.23 bits per heavy atom. The summed E-state index contributed by atoms with van der Waals surface area (Å²) in [4.78, 5) is 15.3. The Morgan fingerprint density at radius 2 is 1.61 bits per heavy atom. The van der Waals surface area contributed by atoms with Crippen molar-refractivity contribution in [1.29, 1.82) is 0 Å². The lowest BCUT2D eigenvalue weighted by Gasteiger charge is -2.34.